The Bertz CT molecular complexity index is 686. The summed E-state index contributed by atoms with van der Waals surface area (Å²) >= 11 is 5.55. The van der Waals surface area contributed by atoms with Gasteiger partial charge in [0.1, 0.15) is 11.6 Å². The Morgan fingerprint density at radius 3 is 2.69 bits per heavy atom. The van der Waals surface area contributed by atoms with Crippen molar-refractivity contribution in [3.63, 3.8) is 0 Å². The van der Waals surface area contributed by atoms with E-state index >= 15 is 0 Å². The van der Waals surface area contributed by atoms with Crippen LogP contribution in [0, 0.1) is 5.82 Å². The molecular formula is C20H26FN3OS. The van der Waals surface area contributed by atoms with E-state index < -0.39 is 0 Å². The highest BCUT2D eigenvalue weighted by atomic mass is 32.1. The number of hydrogen-bond acceptors (Lipinski definition) is 3. The fourth-order valence-corrected chi connectivity index (χ4v) is 3.53. The second-order valence-corrected chi connectivity index (χ2v) is 7.05. The zero-order chi connectivity index (χ0) is 18.2. The molecule has 140 valence electrons. The molecule has 0 saturated carbocycles. The van der Waals surface area contributed by atoms with Gasteiger partial charge in [-0.2, -0.15) is 0 Å². The summed E-state index contributed by atoms with van der Waals surface area (Å²) in [6.07, 6.45) is 6.61. The molecule has 1 aliphatic heterocycles. The van der Waals surface area contributed by atoms with Crippen LogP contribution in [0.4, 0.5) is 10.1 Å². The molecular weight excluding hydrogens is 349 g/mol. The number of anilines is 1. The Balaban J connectivity index is 1.58. The van der Waals surface area contributed by atoms with Gasteiger partial charge in [-0.25, -0.2) is 4.39 Å². The molecule has 0 atom stereocenters. The van der Waals surface area contributed by atoms with Crippen molar-refractivity contribution in [1.29, 1.82) is 0 Å². The molecule has 0 amide bonds. The van der Waals surface area contributed by atoms with Crippen LogP contribution in [-0.4, -0.2) is 41.1 Å². The molecule has 1 N–H and O–H groups in total. The molecule has 0 aliphatic carbocycles. The minimum atomic E-state index is -0.305. The first-order valence-corrected chi connectivity index (χ1v) is 9.68. The topological polar surface area (TPSA) is 31.6 Å². The molecule has 0 unspecified atom stereocenters. The lowest BCUT2D eigenvalue weighted by molar-refractivity contribution is 0.217. The molecule has 4 nitrogen and oxygen atoms in total. The lowest BCUT2D eigenvalue weighted by Crippen LogP contribution is -2.37. The van der Waals surface area contributed by atoms with Gasteiger partial charge in [0.25, 0.3) is 0 Å². The van der Waals surface area contributed by atoms with Crippen LogP contribution in [0.15, 0.2) is 47.1 Å². The van der Waals surface area contributed by atoms with Crippen LogP contribution in [0.1, 0.15) is 31.4 Å². The lowest BCUT2D eigenvalue weighted by Gasteiger charge is -2.29. The number of nitrogens with one attached hydrogen (secondary N) is 1. The SMILES string of the molecule is Fc1ccccc1NC(=S)N(CCCN1CCCCC1)Cc1ccco1. The third kappa shape index (κ3) is 5.54. The summed E-state index contributed by atoms with van der Waals surface area (Å²) in [6.45, 7) is 4.83. The van der Waals surface area contributed by atoms with Gasteiger partial charge < -0.3 is 19.5 Å². The van der Waals surface area contributed by atoms with Gasteiger partial charge in [0.2, 0.25) is 0 Å². The number of likely N-dealkylation sites (tertiary alicyclic amines) is 1. The molecule has 1 aromatic heterocycles. The Morgan fingerprint density at radius 1 is 1.15 bits per heavy atom. The van der Waals surface area contributed by atoms with E-state index in [2.05, 4.69) is 10.2 Å². The maximum Gasteiger partial charge on any atom is 0.173 e. The van der Waals surface area contributed by atoms with Crippen molar-refractivity contribution in [2.45, 2.75) is 32.2 Å². The molecule has 1 aromatic carbocycles. The Kier molecular flexibility index (Phi) is 7.03. The summed E-state index contributed by atoms with van der Waals surface area (Å²) in [5.41, 5.74) is 0.401. The highest BCUT2D eigenvalue weighted by Gasteiger charge is 2.15. The number of para-hydroxylation sites is 1. The van der Waals surface area contributed by atoms with Gasteiger partial charge in [0, 0.05) is 6.54 Å². The normalized spacial score (nSPS) is 15.0. The van der Waals surface area contributed by atoms with Crippen LogP contribution in [0.2, 0.25) is 0 Å². The van der Waals surface area contributed by atoms with Crippen molar-refractivity contribution in [3.8, 4) is 0 Å². The maximum atomic E-state index is 13.9. The molecule has 1 saturated heterocycles. The number of halogens is 1. The summed E-state index contributed by atoms with van der Waals surface area (Å²) < 4.78 is 19.4. The van der Waals surface area contributed by atoms with Gasteiger partial charge in [-0.15, -0.1) is 0 Å². The molecule has 2 heterocycles. The van der Waals surface area contributed by atoms with Crippen LogP contribution in [-0.2, 0) is 6.54 Å². The summed E-state index contributed by atoms with van der Waals surface area (Å²) in [5.74, 6) is 0.543. The monoisotopic (exact) mass is 375 g/mol. The van der Waals surface area contributed by atoms with E-state index in [1.807, 2.05) is 17.0 Å². The predicted octanol–water partition coefficient (Wildman–Crippen LogP) is 4.49. The van der Waals surface area contributed by atoms with Crippen LogP contribution in [0.3, 0.4) is 0 Å². The average Bonchev–Trinajstić information content (AvgIpc) is 3.17. The maximum absolute atomic E-state index is 13.9. The third-order valence-corrected chi connectivity index (χ3v) is 5.04. The number of furan rings is 1. The van der Waals surface area contributed by atoms with Gasteiger partial charge in [-0.1, -0.05) is 18.6 Å². The number of hydrogen-bond donors (Lipinski definition) is 1. The third-order valence-electron chi connectivity index (χ3n) is 4.68. The van der Waals surface area contributed by atoms with Crippen molar-refractivity contribution >= 4 is 23.0 Å². The van der Waals surface area contributed by atoms with E-state index in [0.29, 0.717) is 17.3 Å². The number of nitrogens with zero attached hydrogens (tertiary/aromatic N) is 2. The summed E-state index contributed by atoms with van der Waals surface area (Å²) in [4.78, 5) is 4.56. The largest absolute Gasteiger partial charge is 0.467 e. The van der Waals surface area contributed by atoms with Crippen LogP contribution in [0.25, 0.3) is 0 Å². The number of rotatable bonds is 7. The number of thiocarbonyl (C=S) groups is 1. The highest BCUT2D eigenvalue weighted by Crippen LogP contribution is 2.15. The van der Waals surface area contributed by atoms with Crippen LogP contribution < -0.4 is 5.32 Å². The van der Waals surface area contributed by atoms with E-state index in [-0.39, 0.29) is 5.82 Å². The Morgan fingerprint density at radius 2 is 1.96 bits per heavy atom. The van der Waals surface area contributed by atoms with Crippen LogP contribution in [0.5, 0.6) is 0 Å². The molecule has 2 aromatic rings. The van der Waals surface area contributed by atoms with Gasteiger partial charge in [0.05, 0.1) is 18.5 Å². The predicted molar refractivity (Wildman–Crippen MR) is 107 cm³/mol. The van der Waals surface area contributed by atoms with Gasteiger partial charge in [-0.3, -0.25) is 0 Å². The first-order chi connectivity index (χ1) is 12.7. The Labute approximate surface area is 160 Å². The van der Waals surface area contributed by atoms with Crippen molar-refractivity contribution in [2.24, 2.45) is 0 Å². The van der Waals surface area contributed by atoms with Crippen molar-refractivity contribution in [2.75, 3.05) is 31.5 Å². The lowest BCUT2D eigenvalue weighted by atomic mass is 10.1. The van der Waals surface area contributed by atoms with E-state index in [1.54, 1.807) is 24.5 Å². The summed E-state index contributed by atoms with van der Waals surface area (Å²) in [6, 6.07) is 10.4. The summed E-state index contributed by atoms with van der Waals surface area (Å²) in [5, 5.41) is 3.56. The van der Waals surface area contributed by atoms with Gasteiger partial charge in [0.15, 0.2) is 5.11 Å². The van der Waals surface area contributed by atoms with E-state index in [4.69, 9.17) is 16.6 Å². The van der Waals surface area contributed by atoms with Crippen molar-refractivity contribution in [1.82, 2.24) is 9.80 Å². The quantitative estimate of drug-likeness (QED) is 0.721. The van der Waals surface area contributed by atoms with Gasteiger partial charge in [-0.05, 0) is 75.4 Å². The van der Waals surface area contributed by atoms with E-state index in [0.717, 1.165) is 25.3 Å². The van der Waals surface area contributed by atoms with Gasteiger partial charge >= 0.3 is 0 Å². The molecule has 6 heteroatoms. The van der Waals surface area contributed by atoms with Crippen LogP contribution >= 0.6 is 12.2 Å². The smallest absolute Gasteiger partial charge is 0.173 e. The van der Waals surface area contributed by atoms with Crippen molar-refractivity contribution in [3.05, 3.63) is 54.2 Å². The zero-order valence-electron chi connectivity index (χ0n) is 15.0. The minimum Gasteiger partial charge on any atom is -0.467 e. The molecule has 0 bridgehead atoms. The fourth-order valence-electron chi connectivity index (χ4n) is 3.27. The van der Waals surface area contributed by atoms with Crippen molar-refractivity contribution < 1.29 is 8.81 Å². The molecule has 0 spiro atoms. The second-order valence-electron chi connectivity index (χ2n) is 6.67. The fraction of sp³-hybridized carbons (Fsp3) is 0.450. The molecule has 0 radical (unpaired) electrons. The molecule has 1 aliphatic rings. The standard InChI is InChI=1S/C20H26FN3OS/c21-18-9-2-3-10-19(18)22-20(26)24(16-17-8-6-15-25-17)14-7-13-23-11-4-1-5-12-23/h2-3,6,8-10,15H,1,4-5,7,11-14,16H2,(H,22,26). The first kappa shape index (κ1) is 18.9. The second kappa shape index (κ2) is 9.69. The Hall–Kier alpha value is -1.92. The highest BCUT2D eigenvalue weighted by molar-refractivity contribution is 7.80. The number of benzene rings is 1. The zero-order valence-corrected chi connectivity index (χ0v) is 15.8. The van der Waals surface area contributed by atoms with E-state index in [9.17, 15) is 4.39 Å². The minimum absolute atomic E-state index is 0.305. The average molecular weight is 376 g/mol. The number of piperidine rings is 1. The van der Waals surface area contributed by atoms with E-state index in [1.165, 1.54) is 38.4 Å². The molecule has 26 heavy (non-hydrogen) atoms. The summed E-state index contributed by atoms with van der Waals surface area (Å²) in [7, 11) is 0. The first-order valence-electron chi connectivity index (χ1n) is 9.27. The molecule has 1 fully saturated rings. The molecule has 3 rings (SSSR count).